The predicted octanol–water partition coefficient (Wildman–Crippen LogP) is 4.35. The second-order valence-electron chi connectivity index (χ2n) is 7.03. The van der Waals surface area contributed by atoms with Crippen LogP contribution < -0.4 is 9.47 Å². The van der Waals surface area contributed by atoms with Crippen molar-refractivity contribution in [2.24, 2.45) is 0 Å². The summed E-state index contributed by atoms with van der Waals surface area (Å²) in [5.74, 6) is 1.27. The van der Waals surface area contributed by atoms with Gasteiger partial charge in [-0.3, -0.25) is 9.69 Å². The fourth-order valence-corrected chi connectivity index (χ4v) is 3.85. The number of ether oxygens (including phenoxy) is 2. The third-order valence-electron chi connectivity index (χ3n) is 5.11. The summed E-state index contributed by atoms with van der Waals surface area (Å²) >= 11 is 0. The van der Waals surface area contributed by atoms with E-state index in [2.05, 4.69) is 24.8 Å². The van der Waals surface area contributed by atoms with Gasteiger partial charge in [0.2, 0.25) is 0 Å². The molecule has 1 aliphatic rings. The Morgan fingerprint density at radius 2 is 1.78 bits per heavy atom. The zero-order chi connectivity index (χ0) is 19.2. The Hall–Kier alpha value is -2.33. The molecule has 0 aliphatic carbocycles. The molecule has 0 bridgehead atoms. The van der Waals surface area contributed by atoms with E-state index in [4.69, 9.17) is 9.47 Å². The SMILES string of the molecule is CCCN(CCC)[C@H]1COc2c(cccc2C(=O)c2ccccc2OC)C1. The minimum atomic E-state index is -0.0540. The summed E-state index contributed by atoms with van der Waals surface area (Å²) in [6, 6.07) is 13.6. The average Bonchev–Trinajstić information content (AvgIpc) is 2.72. The summed E-state index contributed by atoms with van der Waals surface area (Å²) in [5.41, 5.74) is 2.30. The van der Waals surface area contributed by atoms with E-state index in [1.807, 2.05) is 30.3 Å². The Bertz CT molecular complexity index is 781. The van der Waals surface area contributed by atoms with Gasteiger partial charge >= 0.3 is 0 Å². The van der Waals surface area contributed by atoms with Crippen LogP contribution in [-0.4, -0.2) is 43.5 Å². The largest absolute Gasteiger partial charge is 0.496 e. The van der Waals surface area contributed by atoms with Crippen molar-refractivity contribution in [3.05, 3.63) is 59.2 Å². The minimum absolute atomic E-state index is 0.0540. The molecule has 3 rings (SSSR count). The standard InChI is InChI=1S/C23H29NO3/c1-4-13-24(14-5-2)18-15-17-9-8-11-20(23(17)27-16-18)22(25)19-10-6-7-12-21(19)26-3/h6-12,18H,4-5,13-16H2,1-3H3/t18-/m1/s1. The number of fused-ring (bicyclic) bond motifs is 1. The van der Waals surface area contributed by atoms with Crippen LogP contribution in [0.25, 0.3) is 0 Å². The first-order valence-electron chi connectivity index (χ1n) is 9.86. The Labute approximate surface area is 162 Å². The smallest absolute Gasteiger partial charge is 0.200 e. The molecule has 2 aromatic rings. The number of para-hydroxylation sites is 2. The van der Waals surface area contributed by atoms with Gasteiger partial charge in [-0.25, -0.2) is 0 Å². The molecular weight excluding hydrogens is 338 g/mol. The minimum Gasteiger partial charge on any atom is -0.496 e. The molecule has 27 heavy (non-hydrogen) atoms. The molecule has 0 saturated carbocycles. The quantitative estimate of drug-likeness (QED) is 0.650. The predicted molar refractivity (Wildman–Crippen MR) is 108 cm³/mol. The maximum atomic E-state index is 13.1. The molecule has 1 atom stereocenters. The van der Waals surface area contributed by atoms with Gasteiger partial charge in [0.1, 0.15) is 18.1 Å². The molecule has 0 N–H and O–H groups in total. The lowest BCUT2D eigenvalue weighted by atomic mass is 9.94. The molecule has 0 unspecified atom stereocenters. The lowest BCUT2D eigenvalue weighted by Gasteiger charge is -2.35. The van der Waals surface area contributed by atoms with Crippen molar-refractivity contribution in [1.82, 2.24) is 4.90 Å². The van der Waals surface area contributed by atoms with E-state index >= 15 is 0 Å². The van der Waals surface area contributed by atoms with E-state index in [-0.39, 0.29) is 5.78 Å². The van der Waals surface area contributed by atoms with E-state index in [1.165, 1.54) is 0 Å². The monoisotopic (exact) mass is 367 g/mol. The van der Waals surface area contributed by atoms with Gasteiger partial charge in [0, 0.05) is 6.04 Å². The van der Waals surface area contributed by atoms with E-state index in [0.717, 1.165) is 43.7 Å². The highest BCUT2D eigenvalue weighted by molar-refractivity contribution is 6.12. The summed E-state index contributed by atoms with van der Waals surface area (Å²) in [4.78, 5) is 15.7. The molecule has 0 spiro atoms. The zero-order valence-electron chi connectivity index (χ0n) is 16.5. The van der Waals surface area contributed by atoms with Gasteiger partial charge in [-0.15, -0.1) is 0 Å². The zero-order valence-corrected chi connectivity index (χ0v) is 16.5. The Balaban J connectivity index is 1.88. The van der Waals surface area contributed by atoms with Crippen LogP contribution in [0, 0.1) is 0 Å². The van der Waals surface area contributed by atoms with Crippen molar-refractivity contribution in [1.29, 1.82) is 0 Å². The van der Waals surface area contributed by atoms with Gasteiger partial charge in [-0.05, 0) is 56.1 Å². The second kappa shape index (κ2) is 9.05. The fourth-order valence-electron chi connectivity index (χ4n) is 3.85. The first-order valence-corrected chi connectivity index (χ1v) is 9.86. The fraction of sp³-hybridized carbons (Fsp3) is 0.435. The van der Waals surface area contributed by atoms with Crippen LogP contribution >= 0.6 is 0 Å². The molecule has 0 amide bonds. The van der Waals surface area contributed by atoms with Gasteiger partial charge in [-0.2, -0.15) is 0 Å². The number of hydrogen-bond acceptors (Lipinski definition) is 4. The molecular formula is C23H29NO3. The van der Waals surface area contributed by atoms with Crippen LogP contribution in [-0.2, 0) is 6.42 Å². The van der Waals surface area contributed by atoms with Gasteiger partial charge in [0.05, 0.1) is 18.2 Å². The molecule has 1 aliphatic heterocycles. The Kier molecular flexibility index (Phi) is 6.51. The first-order chi connectivity index (χ1) is 13.2. The summed E-state index contributed by atoms with van der Waals surface area (Å²) in [6.07, 6.45) is 3.19. The molecule has 0 radical (unpaired) electrons. The van der Waals surface area contributed by atoms with Crippen molar-refractivity contribution >= 4 is 5.78 Å². The third kappa shape index (κ3) is 4.16. The molecule has 0 aromatic heterocycles. The van der Waals surface area contributed by atoms with Crippen LogP contribution in [0.2, 0.25) is 0 Å². The summed E-state index contributed by atoms with van der Waals surface area (Å²) in [6.45, 7) is 7.21. The number of nitrogens with zero attached hydrogens (tertiary/aromatic N) is 1. The van der Waals surface area contributed by atoms with Gasteiger partial charge in [0.25, 0.3) is 0 Å². The van der Waals surface area contributed by atoms with Crippen LogP contribution in [0.4, 0.5) is 0 Å². The highest BCUT2D eigenvalue weighted by Gasteiger charge is 2.28. The van der Waals surface area contributed by atoms with Gasteiger partial charge in [-0.1, -0.05) is 38.1 Å². The molecule has 0 fully saturated rings. The Morgan fingerprint density at radius 1 is 1.07 bits per heavy atom. The summed E-state index contributed by atoms with van der Waals surface area (Å²) in [7, 11) is 1.59. The summed E-state index contributed by atoms with van der Waals surface area (Å²) in [5, 5.41) is 0. The number of carbonyl (C=O) groups is 1. The third-order valence-corrected chi connectivity index (χ3v) is 5.11. The molecule has 144 valence electrons. The highest BCUT2D eigenvalue weighted by atomic mass is 16.5. The van der Waals surface area contributed by atoms with Crippen molar-refractivity contribution in [3.8, 4) is 11.5 Å². The molecule has 0 saturated heterocycles. The maximum Gasteiger partial charge on any atom is 0.200 e. The van der Waals surface area contributed by atoms with E-state index in [9.17, 15) is 4.79 Å². The molecule has 1 heterocycles. The van der Waals surface area contributed by atoms with Crippen LogP contribution in [0.5, 0.6) is 11.5 Å². The first kappa shape index (κ1) is 19.4. The van der Waals surface area contributed by atoms with Crippen molar-refractivity contribution < 1.29 is 14.3 Å². The van der Waals surface area contributed by atoms with Crippen LogP contribution in [0.1, 0.15) is 48.2 Å². The number of benzene rings is 2. The lowest BCUT2D eigenvalue weighted by molar-refractivity contribution is 0.101. The van der Waals surface area contributed by atoms with Crippen molar-refractivity contribution in [3.63, 3.8) is 0 Å². The highest BCUT2D eigenvalue weighted by Crippen LogP contribution is 2.33. The number of methoxy groups -OCH3 is 1. The number of carbonyl (C=O) groups excluding carboxylic acids is 1. The van der Waals surface area contributed by atoms with Crippen LogP contribution in [0.3, 0.4) is 0 Å². The van der Waals surface area contributed by atoms with E-state index in [0.29, 0.717) is 29.5 Å². The van der Waals surface area contributed by atoms with Gasteiger partial charge in [0.15, 0.2) is 5.78 Å². The normalized spacial score (nSPS) is 15.9. The average molecular weight is 367 g/mol. The summed E-state index contributed by atoms with van der Waals surface area (Å²) < 4.78 is 11.5. The van der Waals surface area contributed by atoms with Crippen LogP contribution in [0.15, 0.2) is 42.5 Å². The number of hydrogen-bond donors (Lipinski definition) is 0. The Morgan fingerprint density at radius 3 is 2.48 bits per heavy atom. The number of rotatable bonds is 8. The van der Waals surface area contributed by atoms with Gasteiger partial charge < -0.3 is 9.47 Å². The van der Waals surface area contributed by atoms with Crippen molar-refractivity contribution in [2.45, 2.75) is 39.2 Å². The second-order valence-corrected chi connectivity index (χ2v) is 7.03. The van der Waals surface area contributed by atoms with Crippen molar-refractivity contribution in [2.75, 3.05) is 26.8 Å². The lowest BCUT2D eigenvalue weighted by Crippen LogP contribution is -2.44. The van der Waals surface area contributed by atoms with E-state index in [1.54, 1.807) is 13.2 Å². The number of ketones is 1. The molecule has 4 heteroatoms. The molecule has 4 nitrogen and oxygen atoms in total. The van der Waals surface area contributed by atoms with E-state index < -0.39 is 0 Å². The maximum absolute atomic E-state index is 13.1. The molecule has 2 aromatic carbocycles. The topological polar surface area (TPSA) is 38.8 Å².